The van der Waals surface area contributed by atoms with Crippen molar-refractivity contribution < 1.29 is 18.7 Å². The fraction of sp³-hybridized carbons (Fsp3) is 0.333. The van der Waals surface area contributed by atoms with Crippen LogP contribution in [0.5, 0.6) is 5.75 Å². The summed E-state index contributed by atoms with van der Waals surface area (Å²) in [5, 5.41) is 12.5. The van der Waals surface area contributed by atoms with Crippen LogP contribution in [-0.2, 0) is 0 Å². The van der Waals surface area contributed by atoms with Gasteiger partial charge >= 0.3 is 0 Å². The van der Waals surface area contributed by atoms with Crippen LogP contribution >= 0.6 is 0 Å². The van der Waals surface area contributed by atoms with Crippen molar-refractivity contribution in [1.82, 2.24) is 10.8 Å². The fourth-order valence-corrected chi connectivity index (χ4v) is 3.36. The molecular formula is C24H28F2N2O2. The third kappa shape index (κ3) is 5.68. The third-order valence-corrected chi connectivity index (χ3v) is 5.34. The number of allylic oxidation sites excluding steroid dienone is 1. The molecule has 0 bridgehead atoms. The minimum atomic E-state index is -2.47. The summed E-state index contributed by atoms with van der Waals surface area (Å²) in [4.78, 5) is 0. The molecule has 3 N–H and O–H groups in total. The van der Waals surface area contributed by atoms with Crippen molar-refractivity contribution in [3.8, 4) is 16.9 Å². The highest BCUT2D eigenvalue weighted by Crippen LogP contribution is 2.34. The van der Waals surface area contributed by atoms with Gasteiger partial charge in [-0.2, -0.15) is 0 Å². The molecule has 2 unspecified atom stereocenters. The van der Waals surface area contributed by atoms with Crippen molar-refractivity contribution in [2.45, 2.75) is 32.2 Å². The number of alkyl halides is 2. The van der Waals surface area contributed by atoms with Gasteiger partial charge in [-0.05, 0) is 47.2 Å². The van der Waals surface area contributed by atoms with E-state index in [0.29, 0.717) is 12.2 Å². The lowest BCUT2D eigenvalue weighted by molar-refractivity contribution is 0.0645. The van der Waals surface area contributed by atoms with Gasteiger partial charge in [-0.25, -0.2) is 8.78 Å². The normalized spacial score (nSPS) is 15.3. The monoisotopic (exact) mass is 414 g/mol. The lowest BCUT2D eigenvalue weighted by atomic mass is 9.98. The average Bonchev–Trinajstić information content (AvgIpc) is 3.61. The number of nitrogens with one attached hydrogen (secondary N) is 2. The van der Waals surface area contributed by atoms with Gasteiger partial charge in [0.2, 0.25) is 6.43 Å². The number of rotatable bonds is 10. The topological polar surface area (TPSA) is 53.5 Å². The molecule has 4 nitrogen and oxygen atoms in total. The van der Waals surface area contributed by atoms with E-state index < -0.39 is 18.4 Å². The molecule has 2 aromatic carbocycles. The second kappa shape index (κ2) is 10.4. The zero-order valence-corrected chi connectivity index (χ0v) is 17.2. The number of halogens is 2. The van der Waals surface area contributed by atoms with Gasteiger partial charge in [0, 0.05) is 12.5 Å². The van der Waals surface area contributed by atoms with E-state index in [4.69, 9.17) is 4.74 Å². The molecule has 1 saturated carbocycles. The molecular weight excluding hydrogens is 386 g/mol. The second-order valence-corrected chi connectivity index (χ2v) is 7.46. The Hall–Kier alpha value is -2.70. The first kappa shape index (κ1) is 22.0. The smallest absolute Gasteiger partial charge is 0.243 e. The van der Waals surface area contributed by atoms with Crippen molar-refractivity contribution in [3.05, 3.63) is 71.4 Å². The number of hydroxylamine groups is 1. The Balaban J connectivity index is 1.60. The summed E-state index contributed by atoms with van der Waals surface area (Å²) in [6.45, 7) is 1.91. The summed E-state index contributed by atoms with van der Waals surface area (Å²) in [6.07, 6.45) is 3.06. The van der Waals surface area contributed by atoms with Gasteiger partial charge < -0.3 is 10.1 Å². The summed E-state index contributed by atoms with van der Waals surface area (Å²) >= 11 is 0. The number of benzene rings is 2. The molecule has 3 rings (SSSR count). The van der Waals surface area contributed by atoms with E-state index in [9.17, 15) is 14.0 Å². The lowest BCUT2D eigenvalue weighted by Gasteiger charge is -2.26. The highest BCUT2D eigenvalue weighted by atomic mass is 19.3. The van der Waals surface area contributed by atoms with E-state index in [-0.39, 0.29) is 0 Å². The molecule has 0 spiro atoms. The molecule has 0 heterocycles. The molecule has 0 radical (unpaired) electrons. The largest absolute Gasteiger partial charge is 0.497 e. The Morgan fingerprint density at radius 3 is 2.17 bits per heavy atom. The van der Waals surface area contributed by atoms with Crippen LogP contribution in [0.3, 0.4) is 0 Å². The second-order valence-electron chi connectivity index (χ2n) is 7.46. The van der Waals surface area contributed by atoms with Crippen LogP contribution in [0.4, 0.5) is 8.78 Å². The highest BCUT2D eigenvalue weighted by molar-refractivity contribution is 5.66. The first-order chi connectivity index (χ1) is 14.5. The highest BCUT2D eigenvalue weighted by Gasteiger charge is 2.32. The van der Waals surface area contributed by atoms with E-state index in [2.05, 4.69) is 10.8 Å². The van der Waals surface area contributed by atoms with Gasteiger partial charge in [0.15, 0.2) is 0 Å². The molecule has 0 amide bonds. The molecule has 1 fully saturated rings. The summed E-state index contributed by atoms with van der Waals surface area (Å²) in [5.41, 5.74) is 6.86. The maximum atomic E-state index is 13.3. The molecule has 2 aromatic rings. The van der Waals surface area contributed by atoms with Crippen LogP contribution in [0.15, 0.2) is 65.9 Å². The first-order valence-corrected chi connectivity index (χ1v) is 10.1. The van der Waals surface area contributed by atoms with E-state index >= 15 is 0 Å². The molecule has 6 heteroatoms. The minimum Gasteiger partial charge on any atom is -0.497 e. The average molecular weight is 414 g/mol. The SMILES string of the molecule is COc1ccc(-c2ccc(/C=C/CNC(C(NO)=C3CC3)C(C)C(F)F)cc2)cc1. The number of hydrogen-bond acceptors (Lipinski definition) is 4. The Bertz CT molecular complexity index is 871. The third-order valence-electron chi connectivity index (χ3n) is 5.34. The summed E-state index contributed by atoms with van der Waals surface area (Å²) < 4.78 is 31.7. The number of methoxy groups -OCH3 is 1. The van der Waals surface area contributed by atoms with Crippen molar-refractivity contribution in [2.24, 2.45) is 5.92 Å². The predicted octanol–water partition coefficient (Wildman–Crippen LogP) is 5.26. The molecule has 0 saturated heterocycles. The van der Waals surface area contributed by atoms with Gasteiger partial charge in [-0.1, -0.05) is 55.5 Å². The predicted molar refractivity (Wildman–Crippen MR) is 116 cm³/mol. The molecule has 160 valence electrons. The molecule has 0 aliphatic heterocycles. The molecule has 1 aliphatic carbocycles. The zero-order valence-electron chi connectivity index (χ0n) is 17.2. The van der Waals surface area contributed by atoms with Crippen LogP contribution in [-0.4, -0.2) is 31.3 Å². The lowest BCUT2D eigenvalue weighted by Crippen LogP contribution is -2.43. The van der Waals surface area contributed by atoms with Crippen LogP contribution in [0.2, 0.25) is 0 Å². The van der Waals surface area contributed by atoms with E-state index in [0.717, 1.165) is 40.9 Å². The molecule has 0 aromatic heterocycles. The van der Waals surface area contributed by atoms with Crippen molar-refractivity contribution in [2.75, 3.05) is 13.7 Å². The Labute approximate surface area is 176 Å². The van der Waals surface area contributed by atoms with Crippen molar-refractivity contribution in [1.29, 1.82) is 0 Å². The summed E-state index contributed by atoms with van der Waals surface area (Å²) in [5.74, 6) is -0.0907. The first-order valence-electron chi connectivity index (χ1n) is 10.1. The van der Waals surface area contributed by atoms with Gasteiger partial charge in [0.05, 0.1) is 18.8 Å². The Morgan fingerprint density at radius 1 is 1.07 bits per heavy atom. The Morgan fingerprint density at radius 2 is 1.67 bits per heavy atom. The number of ether oxygens (including phenoxy) is 1. The molecule has 1 aliphatic rings. The molecule has 2 atom stereocenters. The Kier molecular flexibility index (Phi) is 7.60. The minimum absolute atomic E-state index is 0.417. The summed E-state index contributed by atoms with van der Waals surface area (Å²) in [6, 6.07) is 15.4. The zero-order chi connectivity index (χ0) is 21.5. The van der Waals surface area contributed by atoms with Crippen molar-refractivity contribution in [3.63, 3.8) is 0 Å². The van der Waals surface area contributed by atoms with Gasteiger partial charge in [-0.15, -0.1) is 0 Å². The summed E-state index contributed by atoms with van der Waals surface area (Å²) in [7, 11) is 1.64. The number of hydrogen-bond donors (Lipinski definition) is 3. The maximum absolute atomic E-state index is 13.3. The quantitative estimate of drug-likeness (QED) is 0.464. The van der Waals surface area contributed by atoms with Crippen LogP contribution in [0.25, 0.3) is 17.2 Å². The van der Waals surface area contributed by atoms with Crippen LogP contribution in [0.1, 0.15) is 25.3 Å². The fourth-order valence-electron chi connectivity index (χ4n) is 3.36. The van der Waals surface area contributed by atoms with Crippen molar-refractivity contribution >= 4 is 6.08 Å². The molecule has 30 heavy (non-hydrogen) atoms. The van der Waals surface area contributed by atoms with Gasteiger partial charge in [-0.3, -0.25) is 10.7 Å². The maximum Gasteiger partial charge on any atom is 0.243 e. The van der Waals surface area contributed by atoms with E-state index in [1.807, 2.05) is 60.7 Å². The van der Waals surface area contributed by atoms with Crippen LogP contribution < -0.4 is 15.5 Å². The van der Waals surface area contributed by atoms with Crippen LogP contribution in [0, 0.1) is 5.92 Å². The van der Waals surface area contributed by atoms with E-state index in [1.165, 1.54) is 6.92 Å². The van der Waals surface area contributed by atoms with Gasteiger partial charge in [0.25, 0.3) is 0 Å². The van der Waals surface area contributed by atoms with Gasteiger partial charge in [0.1, 0.15) is 5.75 Å². The standard InChI is InChI=1S/C24H28F2N2O2/c1-16(24(25)26)22(23(28-29)20-9-10-20)27-15-3-4-17-5-7-18(8-6-17)19-11-13-21(30-2)14-12-19/h3-8,11-14,16,22,24,27-29H,9-10,15H2,1-2H3/b4-3+. The van der Waals surface area contributed by atoms with E-state index in [1.54, 1.807) is 7.11 Å².